The third-order valence-corrected chi connectivity index (χ3v) is 5.42. The number of anilines is 1. The lowest BCUT2D eigenvalue weighted by molar-refractivity contribution is -0.384. The van der Waals surface area contributed by atoms with Gasteiger partial charge in [0.2, 0.25) is 0 Å². The minimum Gasteiger partial charge on any atom is -0.508 e. The van der Waals surface area contributed by atoms with Gasteiger partial charge < -0.3 is 5.11 Å². The van der Waals surface area contributed by atoms with Crippen molar-refractivity contribution >= 4 is 44.3 Å². The molecule has 0 fully saturated rings. The third kappa shape index (κ3) is 3.00. The molecule has 0 saturated carbocycles. The Hall–Kier alpha value is -1.84. The van der Waals surface area contributed by atoms with Crippen LogP contribution in [0.4, 0.5) is 11.4 Å². The number of sulfonamides is 1. The Bertz CT molecular complexity index is 754. The summed E-state index contributed by atoms with van der Waals surface area (Å²) in [5, 5.41) is 19.7. The zero-order valence-corrected chi connectivity index (χ0v) is 12.0. The molecule has 0 spiro atoms. The molecule has 2 N–H and O–H groups in total. The van der Waals surface area contributed by atoms with Gasteiger partial charge in [-0.3, -0.25) is 14.8 Å². The van der Waals surface area contributed by atoms with Crippen molar-refractivity contribution in [1.29, 1.82) is 0 Å². The number of hydrogen-bond acceptors (Lipinski definition) is 6. The Morgan fingerprint density at radius 2 is 1.90 bits per heavy atom. The van der Waals surface area contributed by atoms with Crippen LogP contribution < -0.4 is 4.72 Å². The maximum absolute atomic E-state index is 12.0. The van der Waals surface area contributed by atoms with Crippen molar-refractivity contribution in [3.8, 4) is 5.75 Å². The first-order valence-corrected chi connectivity index (χ1v) is 7.73. The van der Waals surface area contributed by atoms with E-state index in [4.69, 9.17) is 16.7 Å². The van der Waals surface area contributed by atoms with E-state index in [1.165, 1.54) is 24.3 Å². The number of nitrogens with zero attached hydrogens (tertiary/aromatic N) is 1. The molecule has 1 aromatic carbocycles. The molecule has 106 valence electrons. The summed E-state index contributed by atoms with van der Waals surface area (Å²) in [6, 6.07) is 6.23. The maximum atomic E-state index is 12.0. The normalized spacial score (nSPS) is 11.2. The van der Waals surface area contributed by atoms with Crippen molar-refractivity contribution in [2.24, 2.45) is 0 Å². The van der Waals surface area contributed by atoms with Crippen molar-refractivity contribution in [3.63, 3.8) is 0 Å². The first-order chi connectivity index (χ1) is 9.29. The van der Waals surface area contributed by atoms with E-state index in [9.17, 15) is 18.5 Å². The predicted molar refractivity (Wildman–Crippen MR) is 74.9 cm³/mol. The van der Waals surface area contributed by atoms with Crippen molar-refractivity contribution < 1.29 is 18.4 Å². The molecule has 0 aliphatic carbocycles. The van der Waals surface area contributed by atoms with E-state index in [0.29, 0.717) is 11.3 Å². The summed E-state index contributed by atoms with van der Waals surface area (Å²) < 4.78 is 25.8. The molecule has 0 radical (unpaired) electrons. The minimum atomic E-state index is -3.96. The Labute approximate surface area is 122 Å². The Balaban J connectivity index is 2.33. The fraction of sp³-hybridized carbons (Fsp3) is 0. The third-order valence-electron chi connectivity index (χ3n) is 2.23. The number of nitro groups is 1. The van der Waals surface area contributed by atoms with Gasteiger partial charge in [0.25, 0.3) is 15.7 Å². The molecule has 7 nitrogen and oxygen atoms in total. The Morgan fingerprint density at radius 1 is 1.30 bits per heavy atom. The van der Waals surface area contributed by atoms with Crippen LogP contribution in [0.25, 0.3) is 0 Å². The second-order valence-electron chi connectivity index (χ2n) is 3.63. The topological polar surface area (TPSA) is 110 Å². The smallest absolute Gasteiger partial charge is 0.300 e. The lowest BCUT2D eigenvalue weighted by atomic mass is 10.3. The molecule has 0 unspecified atom stereocenters. The van der Waals surface area contributed by atoms with E-state index < -0.39 is 20.6 Å². The lowest BCUT2D eigenvalue weighted by Crippen LogP contribution is -2.11. The Morgan fingerprint density at radius 3 is 2.40 bits per heavy atom. The van der Waals surface area contributed by atoms with E-state index in [1.807, 2.05) is 0 Å². The maximum Gasteiger partial charge on any atom is 0.300 e. The molecule has 2 aromatic rings. The van der Waals surface area contributed by atoms with E-state index in [-0.39, 0.29) is 20.0 Å². The molecule has 1 aromatic heterocycles. The van der Waals surface area contributed by atoms with E-state index in [0.717, 1.165) is 6.07 Å². The molecule has 2 rings (SSSR count). The number of rotatable bonds is 4. The van der Waals surface area contributed by atoms with Gasteiger partial charge in [-0.1, -0.05) is 11.6 Å². The largest absolute Gasteiger partial charge is 0.508 e. The van der Waals surface area contributed by atoms with Crippen LogP contribution in [0.1, 0.15) is 0 Å². The first kappa shape index (κ1) is 14.6. The lowest BCUT2D eigenvalue weighted by Gasteiger charge is -2.05. The number of halogens is 1. The predicted octanol–water partition coefficient (Wildman–Crippen LogP) is 2.82. The van der Waals surface area contributed by atoms with Crippen LogP contribution in [0.15, 0.2) is 34.5 Å². The second kappa shape index (κ2) is 5.27. The van der Waals surface area contributed by atoms with Crippen LogP contribution in [-0.4, -0.2) is 18.4 Å². The van der Waals surface area contributed by atoms with Gasteiger partial charge in [0.1, 0.15) is 9.96 Å². The summed E-state index contributed by atoms with van der Waals surface area (Å²) in [7, 11) is -3.96. The van der Waals surface area contributed by atoms with Crippen molar-refractivity contribution in [2.75, 3.05) is 4.72 Å². The summed E-state index contributed by atoms with van der Waals surface area (Å²) in [4.78, 5) is 9.89. The minimum absolute atomic E-state index is 0.0113. The zero-order chi connectivity index (χ0) is 14.9. The van der Waals surface area contributed by atoms with Gasteiger partial charge in [-0.15, -0.1) is 11.3 Å². The van der Waals surface area contributed by atoms with Crippen LogP contribution in [-0.2, 0) is 10.0 Å². The monoisotopic (exact) mass is 334 g/mol. The van der Waals surface area contributed by atoms with Gasteiger partial charge in [-0.05, 0) is 24.3 Å². The highest BCUT2D eigenvalue weighted by atomic mass is 35.5. The van der Waals surface area contributed by atoms with Crippen molar-refractivity contribution in [2.45, 2.75) is 4.21 Å². The fourth-order valence-corrected chi connectivity index (χ4v) is 4.05. The average Bonchev–Trinajstić information content (AvgIpc) is 2.75. The molecule has 0 aliphatic rings. The standard InChI is InChI=1S/C10H7ClN2O5S2/c11-10-8(13(15)16)5-9(19-10)20(17,18)12-6-1-3-7(14)4-2-6/h1-5,12,14H. The summed E-state index contributed by atoms with van der Waals surface area (Å²) in [6.45, 7) is 0. The van der Waals surface area contributed by atoms with Crippen LogP contribution >= 0.6 is 22.9 Å². The summed E-state index contributed by atoms with van der Waals surface area (Å²) in [5.74, 6) is -0.0113. The number of phenolic OH excluding ortho intramolecular Hbond substituents is 1. The molecule has 0 amide bonds. The summed E-state index contributed by atoms with van der Waals surface area (Å²) in [5.41, 5.74) is -0.238. The molecular formula is C10H7ClN2O5S2. The fourth-order valence-electron chi connectivity index (χ4n) is 1.33. The number of hydrogen-bond donors (Lipinski definition) is 2. The Kier molecular flexibility index (Phi) is 3.84. The summed E-state index contributed by atoms with van der Waals surface area (Å²) >= 11 is 6.22. The van der Waals surface area contributed by atoms with E-state index >= 15 is 0 Å². The number of phenols is 1. The van der Waals surface area contributed by atoms with Gasteiger partial charge in [-0.25, -0.2) is 8.42 Å². The number of benzene rings is 1. The van der Waals surface area contributed by atoms with Gasteiger partial charge in [0.05, 0.1) is 4.92 Å². The quantitative estimate of drug-likeness (QED) is 0.507. The highest BCUT2D eigenvalue weighted by Crippen LogP contribution is 2.36. The van der Waals surface area contributed by atoms with Gasteiger partial charge >= 0.3 is 0 Å². The first-order valence-electron chi connectivity index (χ1n) is 5.05. The van der Waals surface area contributed by atoms with Gasteiger partial charge in [0, 0.05) is 11.8 Å². The highest BCUT2D eigenvalue weighted by molar-refractivity contribution is 7.94. The van der Waals surface area contributed by atoms with Crippen LogP contribution in [0.3, 0.4) is 0 Å². The highest BCUT2D eigenvalue weighted by Gasteiger charge is 2.25. The van der Waals surface area contributed by atoms with E-state index in [2.05, 4.69) is 4.72 Å². The molecule has 10 heteroatoms. The average molecular weight is 335 g/mol. The molecule has 0 aliphatic heterocycles. The van der Waals surface area contributed by atoms with Crippen LogP contribution in [0.2, 0.25) is 4.34 Å². The molecule has 0 bridgehead atoms. The van der Waals surface area contributed by atoms with Crippen LogP contribution in [0, 0.1) is 10.1 Å². The van der Waals surface area contributed by atoms with Gasteiger partial charge in [0.15, 0.2) is 4.34 Å². The molecular weight excluding hydrogens is 328 g/mol. The second-order valence-corrected chi connectivity index (χ2v) is 7.20. The van der Waals surface area contributed by atoms with Crippen molar-refractivity contribution in [1.82, 2.24) is 0 Å². The zero-order valence-electron chi connectivity index (χ0n) is 9.61. The van der Waals surface area contributed by atoms with Crippen molar-refractivity contribution in [3.05, 3.63) is 44.8 Å². The number of thiophene rings is 1. The van der Waals surface area contributed by atoms with Crippen LogP contribution in [0.5, 0.6) is 5.75 Å². The molecule has 0 atom stereocenters. The SMILES string of the molecule is O=[N+]([O-])c1cc(S(=O)(=O)Nc2ccc(O)cc2)sc1Cl. The summed E-state index contributed by atoms with van der Waals surface area (Å²) in [6.07, 6.45) is 0. The van der Waals surface area contributed by atoms with Gasteiger partial charge in [-0.2, -0.15) is 0 Å². The molecule has 1 heterocycles. The number of nitrogens with one attached hydrogen (secondary N) is 1. The van der Waals surface area contributed by atoms with E-state index in [1.54, 1.807) is 0 Å². The molecule has 0 saturated heterocycles. The molecule has 20 heavy (non-hydrogen) atoms. The number of aromatic hydroxyl groups is 1.